The quantitative estimate of drug-likeness (QED) is 0.877. The Labute approximate surface area is 105 Å². The molecule has 102 valence electrons. The predicted octanol–water partition coefficient (Wildman–Crippen LogP) is 3.39. The summed E-state index contributed by atoms with van der Waals surface area (Å²) >= 11 is 0. The van der Waals surface area contributed by atoms with Crippen molar-refractivity contribution in [3.8, 4) is 0 Å². The lowest BCUT2D eigenvalue weighted by Gasteiger charge is -2.24. The highest BCUT2D eigenvalue weighted by Crippen LogP contribution is 2.31. The van der Waals surface area contributed by atoms with Gasteiger partial charge in [-0.2, -0.15) is 13.2 Å². The van der Waals surface area contributed by atoms with Crippen molar-refractivity contribution < 1.29 is 17.9 Å². The summed E-state index contributed by atoms with van der Waals surface area (Å²) in [5, 5.41) is 3.15. The van der Waals surface area contributed by atoms with Crippen LogP contribution in [0.1, 0.15) is 31.1 Å². The van der Waals surface area contributed by atoms with Gasteiger partial charge >= 0.3 is 6.18 Å². The monoisotopic (exact) mass is 261 g/mol. The Morgan fingerprint density at radius 2 is 2.00 bits per heavy atom. The maximum Gasteiger partial charge on any atom is 0.416 e. The largest absolute Gasteiger partial charge is 0.416 e. The third kappa shape index (κ3) is 3.71. The zero-order chi connectivity index (χ0) is 13.8. The second-order valence-electron chi connectivity index (χ2n) is 4.13. The van der Waals surface area contributed by atoms with Crippen LogP contribution in [0.25, 0.3) is 0 Å². The molecule has 1 aromatic carbocycles. The van der Waals surface area contributed by atoms with Crippen LogP contribution in [0.2, 0.25) is 0 Å². The van der Waals surface area contributed by atoms with Crippen molar-refractivity contribution in [2.75, 3.05) is 13.7 Å². The number of benzene rings is 1. The molecule has 1 rings (SSSR count). The molecule has 0 aliphatic rings. The molecule has 0 aliphatic heterocycles. The van der Waals surface area contributed by atoms with E-state index >= 15 is 0 Å². The molecule has 0 fully saturated rings. The number of nitrogens with one attached hydrogen (secondary N) is 1. The first kappa shape index (κ1) is 15.0. The van der Waals surface area contributed by atoms with Crippen molar-refractivity contribution in [1.82, 2.24) is 5.32 Å². The van der Waals surface area contributed by atoms with Crippen molar-refractivity contribution in [3.63, 3.8) is 0 Å². The Balaban J connectivity index is 3.00. The molecule has 0 heterocycles. The Kier molecular flexibility index (Phi) is 5.16. The zero-order valence-electron chi connectivity index (χ0n) is 10.7. The first-order valence-electron chi connectivity index (χ1n) is 5.83. The zero-order valence-corrected chi connectivity index (χ0v) is 10.7. The first-order chi connectivity index (χ1) is 8.40. The molecule has 1 N–H and O–H groups in total. The van der Waals surface area contributed by atoms with Gasteiger partial charge in [0.05, 0.1) is 11.7 Å². The van der Waals surface area contributed by atoms with Crippen LogP contribution < -0.4 is 5.32 Å². The Hall–Kier alpha value is -1.07. The third-order valence-corrected chi connectivity index (χ3v) is 2.78. The van der Waals surface area contributed by atoms with Crippen LogP contribution in [0.4, 0.5) is 13.2 Å². The highest BCUT2D eigenvalue weighted by atomic mass is 19.4. The average Bonchev–Trinajstić information content (AvgIpc) is 2.29. The highest BCUT2D eigenvalue weighted by molar-refractivity contribution is 5.28. The van der Waals surface area contributed by atoms with Gasteiger partial charge in [-0.25, -0.2) is 0 Å². The summed E-state index contributed by atoms with van der Waals surface area (Å²) in [6.07, 6.45) is -4.72. The van der Waals surface area contributed by atoms with E-state index < -0.39 is 17.8 Å². The van der Waals surface area contributed by atoms with Gasteiger partial charge in [-0.05, 0) is 31.2 Å². The van der Waals surface area contributed by atoms with Gasteiger partial charge in [0.25, 0.3) is 0 Å². The van der Waals surface area contributed by atoms with Gasteiger partial charge in [0.2, 0.25) is 0 Å². The molecule has 0 saturated heterocycles. The standard InChI is InChI=1S/C13H18F3NO/c1-4-17-9(2)12(18-3)10-6-5-7-11(8-10)13(14,15)16/h5-9,12,17H,4H2,1-3H3. The maximum atomic E-state index is 12.6. The molecule has 2 unspecified atom stereocenters. The van der Waals surface area contributed by atoms with Crippen LogP contribution >= 0.6 is 0 Å². The average molecular weight is 261 g/mol. The molecule has 0 saturated carbocycles. The van der Waals surface area contributed by atoms with E-state index in [1.165, 1.54) is 13.2 Å². The van der Waals surface area contributed by atoms with Crippen LogP contribution in [0.5, 0.6) is 0 Å². The lowest BCUT2D eigenvalue weighted by Crippen LogP contribution is -2.33. The summed E-state index contributed by atoms with van der Waals surface area (Å²) in [4.78, 5) is 0. The van der Waals surface area contributed by atoms with E-state index in [2.05, 4.69) is 5.32 Å². The number of likely N-dealkylation sites (N-methyl/N-ethyl adjacent to an activating group) is 1. The van der Waals surface area contributed by atoms with E-state index in [0.717, 1.165) is 18.7 Å². The molecule has 1 aromatic rings. The smallest absolute Gasteiger partial charge is 0.375 e. The topological polar surface area (TPSA) is 21.3 Å². The Morgan fingerprint density at radius 1 is 1.33 bits per heavy atom. The van der Waals surface area contributed by atoms with Gasteiger partial charge in [-0.3, -0.25) is 0 Å². The Morgan fingerprint density at radius 3 is 2.50 bits per heavy atom. The fraction of sp³-hybridized carbons (Fsp3) is 0.538. The molecule has 18 heavy (non-hydrogen) atoms. The van der Waals surface area contributed by atoms with Crippen molar-refractivity contribution in [1.29, 1.82) is 0 Å². The highest BCUT2D eigenvalue weighted by Gasteiger charge is 2.31. The Bertz CT molecular complexity index is 379. The van der Waals surface area contributed by atoms with Gasteiger partial charge in [0.15, 0.2) is 0 Å². The lowest BCUT2D eigenvalue weighted by molar-refractivity contribution is -0.137. The van der Waals surface area contributed by atoms with E-state index in [-0.39, 0.29) is 6.04 Å². The minimum absolute atomic E-state index is 0.0523. The lowest BCUT2D eigenvalue weighted by atomic mass is 10.0. The summed E-state index contributed by atoms with van der Waals surface area (Å²) < 4.78 is 43.2. The summed E-state index contributed by atoms with van der Waals surface area (Å²) in [5.74, 6) is 0. The summed E-state index contributed by atoms with van der Waals surface area (Å²) in [6, 6.07) is 5.21. The van der Waals surface area contributed by atoms with Crippen LogP contribution in [0.3, 0.4) is 0 Å². The second kappa shape index (κ2) is 6.20. The van der Waals surface area contributed by atoms with E-state index in [1.54, 1.807) is 6.07 Å². The van der Waals surface area contributed by atoms with E-state index in [9.17, 15) is 13.2 Å². The number of rotatable bonds is 5. The van der Waals surface area contributed by atoms with Gasteiger partial charge in [0.1, 0.15) is 0 Å². The van der Waals surface area contributed by atoms with Crippen molar-refractivity contribution in [2.24, 2.45) is 0 Å². The number of methoxy groups -OCH3 is 1. The van der Waals surface area contributed by atoms with E-state index in [0.29, 0.717) is 5.56 Å². The molecule has 2 atom stereocenters. The fourth-order valence-corrected chi connectivity index (χ4v) is 1.95. The second-order valence-corrected chi connectivity index (χ2v) is 4.13. The van der Waals surface area contributed by atoms with Crippen LogP contribution in [-0.2, 0) is 10.9 Å². The summed E-state index contributed by atoms with van der Waals surface area (Å²) in [7, 11) is 1.50. The molecule has 2 nitrogen and oxygen atoms in total. The number of halogens is 3. The molecule has 0 radical (unpaired) electrons. The van der Waals surface area contributed by atoms with Gasteiger partial charge in [-0.1, -0.05) is 19.1 Å². The molecular weight excluding hydrogens is 243 g/mol. The molecule has 0 aromatic heterocycles. The molecule has 0 aliphatic carbocycles. The van der Waals surface area contributed by atoms with Crippen LogP contribution in [0.15, 0.2) is 24.3 Å². The molecule has 0 amide bonds. The van der Waals surface area contributed by atoms with Crippen molar-refractivity contribution in [3.05, 3.63) is 35.4 Å². The van der Waals surface area contributed by atoms with E-state index in [1.807, 2.05) is 13.8 Å². The molecule has 0 bridgehead atoms. The molecular formula is C13H18F3NO. The van der Waals surface area contributed by atoms with Crippen LogP contribution in [-0.4, -0.2) is 19.7 Å². The number of alkyl halides is 3. The number of hydrogen-bond donors (Lipinski definition) is 1. The number of hydrogen-bond acceptors (Lipinski definition) is 2. The summed E-state index contributed by atoms with van der Waals surface area (Å²) in [5.41, 5.74) is -0.119. The molecule has 0 spiro atoms. The van der Waals surface area contributed by atoms with E-state index in [4.69, 9.17) is 4.74 Å². The van der Waals surface area contributed by atoms with Crippen molar-refractivity contribution >= 4 is 0 Å². The van der Waals surface area contributed by atoms with Gasteiger partial charge < -0.3 is 10.1 Å². The third-order valence-electron chi connectivity index (χ3n) is 2.78. The SMILES string of the molecule is CCNC(C)C(OC)c1cccc(C(F)(F)F)c1. The fourth-order valence-electron chi connectivity index (χ4n) is 1.95. The van der Waals surface area contributed by atoms with Gasteiger partial charge in [0, 0.05) is 13.2 Å². The summed E-state index contributed by atoms with van der Waals surface area (Å²) in [6.45, 7) is 4.56. The number of ether oxygens (including phenoxy) is 1. The minimum atomic E-state index is -4.32. The minimum Gasteiger partial charge on any atom is -0.375 e. The van der Waals surface area contributed by atoms with Crippen molar-refractivity contribution in [2.45, 2.75) is 32.2 Å². The van der Waals surface area contributed by atoms with Gasteiger partial charge in [-0.15, -0.1) is 0 Å². The first-order valence-corrected chi connectivity index (χ1v) is 5.83. The van der Waals surface area contributed by atoms with Crippen LogP contribution in [0, 0.1) is 0 Å². The molecule has 5 heteroatoms. The normalized spacial score (nSPS) is 15.4. The maximum absolute atomic E-state index is 12.6. The predicted molar refractivity (Wildman–Crippen MR) is 64.3 cm³/mol.